The molecule has 2 unspecified atom stereocenters. The lowest BCUT2D eigenvalue weighted by molar-refractivity contribution is 0.0893. The topological polar surface area (TPSA) is 48.1 Å². The molecule has 0 saturated carbocycles. The van der Waals surface area contributed by atoms with Gasteiger partial charge in [0.05, 0.1) is 10.7 Å². The Hall–Kier alpha value is -0.450. The first-order valence-corrected chi connectivity index (χ1v) is 6.68. The van der Waals surface area contributed by atoms with E-state index in [9.17, 15) is 0 Å². The Morgan fingerprint density at radius 2 is 2.31 bits per heavy atom. The molecule has 0 aromatic carbocycles. The maximum Gasteiger partial charge on any atom is 0.104 e. The van der Waals surface area contributed by atoms with E-state index in [2.05, 4.69) is 26.2 Å². The Labute approximate surface area is 101 Å². The van der Waals surface area contributed by atoms with Gasteiger partial charge in [0.15, 0.2) is 0 Å². The van der Waals surface area contributed by atoms with Crippen molar-refractivity contribution in [2.45, 2.75) is 38.7 Å². The molecular formula is C12H20N2OS. The van der Waals surface area contributed by atoms with Crippen LogP contribution >= 0.6 is 11.3 Å². The standard InChI is InChI=1S/C12H20N2OS/c1-12(2,3)11-14-9(7-16-11)10-8(6-13)4-5-15-10/h7-8,10H,4-6,13H2,1-3H3. The molecule has 16 heavy (non-hydrogen) atoms. The molecule has 0 bridgehead atoms. The molecule has 2 N–H and O–H groups in total. The fourth-order valence-electron chi connectivity index (χ4n) is 1.96. The molecule has 0 radical (unpaired) electrons. The Bertz CT molecular complexity index is 356. The lowest BCUT2D eigenvalue weighted by Gasteiger charge is -2.16. The van der Waals surface area contributed by atoms with E-state index in [1.165, 1.54) is 5.01 Å². The fraction of sp³-hybridized carbons (Fsp3) is 0.750. The van der Waals surface area contributed by atoms with E-state index in [1.807, 2.05) is 0 Å². The summed E-state index contributed by atoms with van der Waals surface area (Å²) in [5, 5.41) is 3.30. The van der Waals surface area contributed by atoms with Crippen LogP contribution in [0.15, 0.2) is 5.38 Å². The van der Waals surface area contributed by atoms with Crippen molar-refractivity contribution >= 4 is 11.3 Å². The first kappa shape index (κ1) is 12.0. The van der Waals surface area contributed by atoms with E-state index >= 15 is 0 Å². The van der Waals surface area contributed by atoms with Gasteiger partial charge in [0.2, 0.25) is 0 Å². The summed E-state index contributed by atoms with van der Waals surface area (Å²) >= 11 is 1.72. The minimum absolute atomic E-state index is 0.123. The van der Waals surface area contributed by atoms with E-state index in [0.717, 1.165) is 18.7 Å². The van der Waals surface area contributed by atoms with Crippen molar-refractivity contribution in [2.24, 2.45) is 11.7 Å². The molecule has 4 heteroatoms. The lowest BCUT2D eigenvalue weighted by atomic mass is 9.97. The fourth-order valence-corrected chi connectivity index (χ4v) is 2.89. The van der Waals surface area contributed by atoms with Gasteiger partial charge in [0.1, 0.15) is 6.10 Å². The minimum Gasteiger partial charge on any atom is -0.372 e. The van der Waals surface area contributed by atoms with Crippen molar-refractivity contribution in [1.82, 2.24) is 4.98 Å². The molecular weight excluding hydrogens is 220 g/mol. The zero-order valence-electron chi connectivity index (χ0n) is 10.2. The van der Waals surface area contributed by atoms with Crippen molar-refractivity contribution in [2.75, 3.05) is 13.2 Å². The summed E-state index contributed by atoms with van der Waals surface area (Å²) in [5.74, 6) is 0.440. The van der Waals surface area contributed by atoms with Crippen LogP contribution in [-0.2, 0) is 10.2 Å². The second-order valence-electron chi connectivity index (χ2n) is 5.40. The Morgan fingerprint density at radius 3 is 2.88 bits per heavy atom. The highest BCUT2D eigenvalue weighted by Crippen LogP contribution is 2.36. The van der Waals surface area contributed by atoms with E-state index in [-0.39, 0.29) is 11.5 Å². The van der Waals surface area contributed by atoms with Gasteiger partial charge in [-0.15, -0.1) is 11.3 Å². The summed E-state index contributed by atoms with van der Waals surface area (Å²) in [5.41, 5.74) is 6.95. The van der Waals surface area contributed by atoms with Gasteiger partial charge >= 0.3 is 0 Å². The quantitative estimate of drug-likeness (QED) is 0.864. The van der Waals surface area contributed by atoms with Crippen LogP contribution < -0.4 is 5.73 Å². The highest BCUT2D eigenvalue weighted by Gasteiger charge is 2.31. The number of rotatable bonds is 2. The summed E-state index contributed by atoms with van der Waals surface area (Å²) in [4.78, 5) is 4.70. The molecule has 0 aliphatic carbocycles. The van der Waals surface area contributed by atoms with E-state index in [4.69, 9.17) is 15.5 Å². The summed E-state index contributed by atoms with van der Waals surface area (Å²) in [7, 11) is 0. The predicted octanol–water partition coefficient (Wildman–Crippen LogP) is 2.48. The van der Waals surface area contributed by atoms with Gasteiger partial charge in [-0.25, -0.2) is 4.98 Å². The van der Waals surface area contributed by atoms with Crippen LogP contribution in [0.2, 0.25) is 0 Å². The average Bonchev–Trinajstić information content (AvgIpc) is 2.84. The van der Waals surface area contributed by atoms with Gasteiger partial charge < -0.3 is 10.5 Å². The van der Waals surface area contributed by atoms with Crippen LogP contribution in [-0.4, -0.2) is 18.1 Å². The normalized spacial score (nSPS) is 26.2. The number of hydrogen-bond donors (Lipinski definition) is 1. The number of thiazole rings is 1. The third-order valence-corrected chi connectivity index (χ3v) is 4.26. The van der Waals surface area contributed by atoms with E-state index in [1.54, 1.807) is 11.3 Å². The van der Waals surface area contributed by atoms with Crippen LogP contribution in [0.4, 0.5) is 0 Å². The molecule has 0 amide bonds. The van der Waals surface area contributed by atoms with E-state index < -0.39 is 0 Å². The highest BCUT2D eigenvalue weighted by molar-refractivity contribution is 7.09. The first-order valence-electron chi connectivity index (χ1n) is 5.80. The van der Waals surface area contributed by atoms with Crippen molar-refractivity contribution in [1.29, 1.82) is 0 Å². The van der Waals surface area contributed by atoms with Gasteiger partial charge in [-0.3, -0.25) is 0 Å². The Balaban J connectivity index is 2.18. The largest absolute Gasteiger partial charge is 0.372 e. The van der Waals surface area contributed by atoms with Crippen molar-refractivity contribution in [3.63, 3.8) is 0 Å². The summed E-state index contributed by atoms with van der Waals surface area (Å²) in [6, 6.07) is 0. The zero-order valence-corrected chi connectivity index (χ0v) is 11.0. The van der Waals surface area contributed by atoms with Crippen LogP contribution in [0.3, 0.4) is 0 Å². The minimum atomic E-state index is 0.123. The third-order valence-electron chi connectivity index (χ3n) is 2.97. The molecule has 1 aromatic rings. The Kier molecular flexibility index (Phi) is 3.33. The number of ether oxygens (including phenoxy) is 1. The van der Waals surface area contributed by atoms with Crippen LogP contribution in [0, 0.1) is 5.92 Å². The van der Waals surface area contributed by atoms with Gasteiger partial charge in [0, 0.05) is 23.3 Å². The second kappa shape index (κ2) is 4.43. The maximum atomic E-state index is 5.75. The molecule has 90 valence electrons. The predicted molar refractivity (Wildman–Crippen MR) is 66.7 cm³/mol. The molecule has 0 spiro atoms. The molecule has 2 rings (SSSR count). The molecule has 1 fully saturated rings. The third kappa shape index (κ3) is 2.29. The lowest BCUT2D eigenvalue weighted by Crippen LogP contribution is -2.18. The van der Waals surface area contributed by atoms with Crippen molar-refractivity contribution < 1.29 is 4.74 Å². The average molecular weight is 240 g/mol. The highest BCUT2D eigenvalue weighted by atomic mass is 32.1. The zero-order chi connectivity index (χ0) is 11.8. The maximum absolute atomic E-state index is 5.75. The van der Waals surface area contributed by atoms with Gasteiger partial charge in [0.25, 0.3) is 0 Å². The SMILES string of the molecule is CC(C)(C)c1nc(C2OCCC2CN)cs1. The molecule has 3 nitrogen and oxygen atoms in total. The molecule has 2 atom stereocenters. The number of nitrogens with zero attached hydrogens (tertiary/aromatic N) is 1. The van der Waals surface area contributed by atoms with Gasteiger partial charge in [-0.1, -0.05) is 20.8 Å². The Morgan fingerprint density at radius 1 is 1.56 bits per heavy atom. The van der Waals surface area contributed by atoms with Crippen LogP contribution in [0.1, 0.15) is 44.0 Å². The number of nitrogens with two attached hydrogens (primary N) is 1. The van der Waals surface area contributed by atoms with Crippen molar-refractivity contribution in [3.8, 4) is 0 Å². The summed E-state index contributed by atoms with van der Waals surface area (Å²) in [6.45, 7) is 8.06. The second-order valence-corrected chi connectivity index (χ2v) is 6.26. The smallest absolute Gasteiger partial charge is 0.104 e. The summed E-state index contributed by atoms with van der Waals surface area (Å²) < 4.78 is 5.73. The molecule has 1 saturated heterocycles. The van der Waals surface area contributed by atoms with Gasteiger partial charge in [-0.05, 0) is 13.0 Å². The first-order chi connectivity index (χ1) is 7.52. The van der Waals surface area contributed by atoms with Gasteiger partial charge in [-0.2, -0.15) is 0 Å². The molecule has 2 heterocycles. The monoisotopic (exact) mass is 240 g/mol. The summed E-state index contributed by atoms with van der Waals surface area (Å²) in [6.07, 6.45) is 1.18. The number of aromatic nitrogens is 1. The van der Waals surface area contributed by atoms with E-state index in [0.29, 0.717) is 12.5 Å². The van der Waals surface area contributed by atoms with Crippen LogP contribution in [0.5, 0.6) is 0 Å². The molecule has 1 aliphatic heterocycles. The number of hydrogen-bond acceptors (Lipinski definition) is 4. The van der Waals surface area contributed by atoms with Crippen LogP contribution in [0.25, 0.3) is 0 Å². The van der Waals surface area contributed by atoms with Crippen molar-refractivity contribution in [3.05, 3.63) is 16.1 Å². The molecule has 1 aliphatic rings. The molecule has 1 aromatic heterocycles.